The van der Waals surface area contributed by atoms with Crippen LogP contribution in [-0.4, -0.2) is 47.8 Å². The number of piperidine rings is 1. The van der Waals surface area contributed by atoms with Crippen molar-refractivity contribution >= 4 is 0 Å². The second kappa shape index (κ2) is 6.72. The Kier molecular flexibility index (Phi) is 5.90. The van der Waals surface area contributed by atoms with Crippen LogP contribution in [0.3, 0.4) is 0 Å². The summed E-state index contributed by atoms with van der Waals surface area (Å²) in [5.41, 5.74) is -0.577. The number of hydrogen-bond donors (Lipinski definition) is 2. The molecule has 17 heavy (non-hydrogen) atoms. The molecule has 1 aliphatic heterocycles. The molecule has 1 heterocycles. The van der Waals surface area contributed by atoms with Crippen molar-refractivity contribution in [2.75, 3.05) is 26.2 Å². The van der Waals surface area contributed by atoms with E-state index in [1.54, 1.807) is 0 Å². The Morgan fingerprint density at radius 2 is 2.18 bits per heavy atom. The second-order valence-electron chi connectivity index (χ2n) is 5.98. The van der Waals surface area contributed by atoms with E-state index in [0.717, 1.165) is 32.6 Å². The maximum absolute atomic E-state index is 10.5. The molecule has 0 radical (unpaired) electrons. The highest BCUT2D eigenvalue weighted by Crippen LogP contribution is 2.21. The molecule has 2 atom stereocenters. The van der Waals surface area contributed by atoms with Gasteiger partial charge in [0.05, 0.1) is 5.60 Å². The van der Waals surface area contributed by atoms with Crippen LogP contribution in [0.2, 0.25) is 0 Å². The van der Waals surface area contributed by atoms with Crippen LogP contribution in [-0.2, 0) is 0 Å². The summed E-state index contributed by atoms with van der Waals surface area (Å²) in [5.74, 6) is 0.304. The Morgan fingerprint density at radius 1 is 1.47 bits per heavy atom. The molecule has 1 saturated heterocycles. The summed E-state index contributed by atoms with van der Waals surface area (Å²) in [6.45, 7) is 12.5. The van der Waals surface area contributed by atoms with Gasteiger partial charge < -0.3 is 10.4 Å². The van der Waals surface area contributed by atoms with Crippen molar-refractivity contribution in [3.8, 4) is 0 Å². The minimum atomic E-state index is -0.577. The van der Waals surface area contributed by atoms with Crippen LogP contribution in [0.1, 0.15) is 47.0 Å². The molecule has 0 aromatic carbocycles. The third-order valence-electron chi connectivity index (χ3n) is 4.07. The van der Waals surface area contributed by atoms with Crippen molar-refractivity contribution in [1.82, 2.24) is 10.2 Å². The third-order valence-corrected chi connectivity index (χ3v) is 4.07. The minimum absolute atomic E-state index is 0.304. The maximum atomic E-state index is 10.5. The predicted octanol–water partition coefficient (Wildman–Crippen LogP) is 1.86. The standard InChI is InChI=1S/C14H30N2O/c1-5-9-16(11-14(4,17)12(2)3)13-7-6-8-15-10-13/h12-13,15,17H,5-11H2,1-4H3. The number of nitrogens with one attached hydrogen (secondary N) is 1. The molecule has 1 rings (SSSR count). The first-order valence-corrected chi connectivity index (χ1v) is 7.14. The normalized spacial score (nSPS) is 25.2. The van der Waals surface area contributed by atoms with Gasteiger partial charge in [-0.05, 0) is 45.2 Å². The van der Waals surface area contributed by atoms with Gasteiger partial charge in [0, 0.05) is 19.1 Å². The molecule has 3 heteroatoms. The quantitative estimate of drug-likeness (QED) is 0.746. The first-order chi connectivity index (χ1) is 7.97. The minimum Gasteiger partial charge on any atom is -0.389 e. The van der Waals surface area contributed by atoms with E-state index in [1.807, 2.05) is 6.92 Å². The molecule has 0 aromatic rings. The maximum Gasteiger partial charge on any atom is 0.0768 e. The van der Waals surface area contributed by atoms with Gasteiger partial charge in [0.2, 0.25) is 0 Å². The van der Waals surface area contributed by atoms with Crippen molar-refractivity contribution in [1.29, 1.82) is 0 Å². The monoisotopic (exact) mass is 242 g/mol. The molecule has 2 unspecified atom stereocenters. The summed E-state index contributed by atoms with van der Waals surface area (Å²) in [6.07, 6.45) is 3.68. The van der Waals surface area contributed by atoms with Crippen molar-refractivity contribution in [3.05, 3.63) is 0 Å². The van der Waals surface area contributed by atoms with E-state index in [0.29, 0.717) is 12.0 Å². The molecular weight excluding hydrogens is 212 g/mol. The molecule has 2 N–H and O–H groups in total. The number of hydrogen-bond acceptors (Lipinski definition) is 3. The molecule has 1 fully saturated rings. The highest BCUT2D eigenvalue weighted by atomic mass is 16.3. The van der Waals surface area contributed by atoms with E-state index in [-0.39, 0.29) is 0 Å². The number of aliphatic hydroxyl groups is 1. The Balaban J connectivity index is 2.58. The Hall–Kier alpha value is -0.120. The van der Waals surface area contributed by atoms with Gasteiger partial charge in [0.25, 0.3) is 0 Å². The van der Waals surface area contributed by atoms with Crippen molar-refractivity contribution in [2.24, 2.45) is 5.92 Å². The van der Waals surface area contributed by atoms with Crippen LogP contribution in [0.5, 0.6) is 0 Å². The van der Waals surface area contributed by atoms with Gasteiger partial charge in [-0.1, -0.05) is 20.8 Å². The van der Waals surface area contributed by atoms with Gasteiger partial charge in [-0.25, -0.2) is 0 Å². The smallest absolute Gasteiger partial charge is 0.0768 e. The third kappa shape index (κ3) is 4.57. The highest BCUT2D eigenvalue weighted by molar-refractivity contribution is 4.86. The van der Waals surface area contributed by atoms with Crippen LogP contribution >= 0.6 is 0 Å². The van der Waals surface area contributed by atoms with Crippen LogP contribution in [0.15, 0.2) is 0 Å². The van der Waals surface area contributed by atoms with Gasteiger partial charge in [0.1, 0.15) is 0 Å². The average molecular weight is 242 g/mol. The summed E-state index contributed by atoms with van der Waals surface area (Å²) >= 11 is 0. The predicted molar refractivity (Wildman–Crippen MR) is 73.2 cm³/mol. The molecule has 0 saturated carbocycles. The van der Waals surface area contributed by atoms with E-state index >= 15 is 0 Å². The van der Waals surface area contributed by atoms with Gasteiger partial charge in [-0.2, -0.15) is 0 Å². The summed E-state index contributed by atoms with van der Waals surface area (Å²) in [6, 6.07) is 0.605. The first kappa shape index (κ1) is 14.9. The Morgan fingerprint density at radius 3 is 2.65 bits per heavy atom. The van der Waals surface area contributed by atoms with Gasteiger partial charge >= 0.3 is 0 Å². The lowest BCUT2D eigenvalue weighted by atomic mass is 9.91. The summed E-state index contributed by atoms with van der Waals surface area (Å²) in [4.78, 5) is 2.48. The van der Waals surface area contributed by atoms with Gasteiger partial charge in [0.15, 0.2) is 0 Å². The van der Waals surface area contributed by atoms with E-state index in [2.05, 4.69) is 31.0 Å². The lowest BCUT2D eigenvalue weighted by molar-refractivity contribution is -0.0316. The molecule has 0 amide bonds. The first-order valence-electron chi connectivity index (χ1n) is 7.14. The van der Waals surface area contributed by atoms with Crippen molar-refractivity contribution < 1.29 is 5.11 Å². The molecule has 0 bridgehead atoms. The van der Waals surface area contributed by atoms with Gasteiger partial charge in [-0.15, -0.1) is 0 Å². The lowest BCUT2D eigenvalue weighted by Gasteiger charge is -2.40. The van der Waals surface area contributed by atoms with E-state index < -0.39 is 5.60 Å². The van der Waals surface area contributed by atoms with E-state index in [9.17, 15) is 5.11 Å². The summed E-state index contributed by atoms with van der Waals surface area (Å²) in [7, 11) is 0. The second-order valence-corrected chi connectivity index (χ2v) is 5.98. The summed E-state index contributed by atoms with van der Waals surface area (Å²) < 4.78 is 0. The van der Waals surface area contributed by atoms with Crippen molar-refractivity contribution in [2.45, 2.75) is 58.6 Å². The van der Waals surface area contributed by atoms with Gasteiger partial charge in [-0.3, -0.25) is 4.90 Å². The largest absolute Gasteiger partial charge is 0.389 e. The zero-order valence-corrected chi connectivity index (χ0v) is 12.0. The number of nitrogens with zero attached hydrogens (tertiary/aromatic N) is 1. The lowest BCUT2D eigenvalue weighted by Crippen LogP contribution is -2.53. The zero-order valence-electron chi connectivity index (χ0n) is 12.0. The van der Waals surface area contributed by atoms with Crippen molar-refractivity contribution in [3.63, 3.8) is 0 Å². The molecule has 102 valence electrons. The van der Waals surface area contributed by atoms with E-state index in [1.165, 1.54) is 12.8 Å². The average Bonchev–Trinajstić information content (AvgIpc) is 2.29. The van der Waals surface area contributed by atoms with Crippen LogP contribution in [0.4, 0.5) is 0 Å². The fraction of sp³-hybridized carbons (Fsp3) is 1.00. The van der Waals surface area contributed by atoms with Crippen LogP contribution in [0.25, 0.3) is 0 Å². The zero-order chi connectivity index (χ0) is 12.9. The number of rotatable bonds is 6. The van der Waals surface area contributed by atoms with E-state index in [4.69, 9.17) is 0 Å². The SMILES string of the molecule is CCCN(CC(C)(O)C(C)C)C1CCCNC1. The fourth-order valence-electron chi connectivity index (χ4n) is 2.42. The molecule has 3 nitrogen and oxygen atoms in total. The molecule has 0 spiro atoms. The molecule has 0 aromatic heterocycles. The fourth-order valence-corrected chi connectivity index (χ4v) is 2.42. The Bertz CT molecular complexity index is 210. The highest BCUT2D eigenvalue weighted by Gasteiger charge is 2.31. The van der Waals surface area contributed by atoms with Crippen LogP contribution in [0, 0.1) is 5.92 Å². The topological polar surface area (TPSA) is 35.5 Å². The Labute approximate surface area is 107 Å². The molecular formula is C14H30N2O. The molecule has 0 aliphatic carbocycles. The summed E-state index contributed by atoms with van der Waals surface area (Å²) in [5, 5.41) is 13.9. The van der Waals surface area contributed by atoms with Crippen LogP contribution < -0.4 is 5.32 Å². The molecule has 1 aliphatic rings.